The number of carbonyl (C=O) groups is 2. The van der Waals surface area contributed by atoms with Crippen molar-refractivity contribution in [3.05, 3.63) is 59.2 Å². The average Bonchev–Trinajstić information content (AvgIpc) is 3.19. The van der Waals surface area contributed by atoms with E-state index >= 15 is 0 Å². The van der Waals surface area contributed by atoms with Crippen LogP contribution in [0, 0.1) is 13.8 Å². The van der Waals surface area contributed by atoms with Gasteiger partial charge in [0.1, 0.15) is 5.75 Å². The molecular weight excluding hydrogens is 410 g/mol. The number of carbonyl (C=O) groups excluding carboxylic acids is 2. The Labute approximate surface area is 187 Å². The smallest absolute Gasteiger partial charge is 0.321 e. The summed E-state index contributed by atoms with van der Waals surface area (Å²) in [5, 5.41) is 3.09. The highest BCUT2D eigenvalue weighted by Crippen LogP contribution is 2.44. The summed E-state index contributed by atoms with van der Waals surface area (Å²) in [6.45, 7) is 6.00. The molecule has 0 bridgehead atoms. The minimum absolute atomic E-state index is 0.0392. The van der Waals surface area contributed by atoms with Gasteiger partial charge in [-0.15, -0.1) is 11.8 Å². The minimum atomic E-state index is -0.241. The lowest BCUT2D eigenvalue weighted by molar-refractivity contribution is 0.0585. The number of nitrogens with one attached hydrogen (secondary N) is 1. The number of para-hydroxylation sites is 1. The molecule has 0 saturated carbocycles. The topological polar surface area (TPSA) is 61.9 Å². The zero-order valence-corrected chi connectivity index (χ0v) is 19.1. The SMILES string of the molecule is COc1cccc(C(=O)N2CCSC23CCN(C(=O)Nc2c(C)cccc2C)CC3)c1. The summed E-state index contributed by atoms with van der Waals surface area (Å²) in [4.78, 5) is 29.8. The van der Waals surface area contributed by atoms with Gasteiger partial charge in [-0.2, -0.15) is 0 Å². The monoisotopic (exact) mass is 439 g/mol. The molecule has 0 atom stereocenters. The zero-order chi connectivity index (χ0) is 22.0. The molecule has 2 aromatic carbocycles. The van der Waals surface area contributed by atoms with Gasteiger partial charge in [0.25, 0.3) is 5.91 Å². The fourth-order valence-electron chi connectivity index (χ4n) is 4.48. The number of methoxy groups -OCH3 is 1. The van der Waals surface area contributed by atoms with Crippen LogP contribution >= 0.6 is 11.8 Å². The predicted octanol–water partition coefficient (Wildman–Crippen LogP) is 4.53. The molecule has 2 saturated heterocycles. The number of anilines is 1. The Morgan fingerprint density at radius 3 is 2.39 bits per heavy atom. The number of nitrogens with zero attached hydrogens (tertiary/aromatic N) is 2. The number of rotatable bonds is 3. The van der Waals surface area contributed by atoms with E-state index in [9.17, 15) is 9.59 Å². The van der Waals surface area contributed by atoms with E-state index in [4.69, 9.17) is 4.74 Å². The van der Waals surface area contributed by atoms with E-state index in [1.54, 1.807) is 13.2 Å². The summed E-state index contributed by atoms with van der Waals surface area (Å²) < 4.78 is 5.28. The van der Waals surface area contributed by atoms with Crippen LogP contribution in [0.1, 0.15) is 34.3 Å². The Kier molecular flexibility index (Phi) is 6.14. The summed E-state index contributed by atoms with van der Waals surface area (Å²) in [7, 11) is 1.61. The second-order valence-electron chi connectivity index (χ2n) is 8.17. The van der Waals surface area contributed by atoms with E-state index < -0.39 is 0 Å². The third-order valence-corrected chi connectivity index (χ3v) is 7.84. The highest BCUT2D eigenvalue weighted by molar-refractivity contribution is 8.00. The molecule has 1 spiro atoms. The Morgan fingerprint density at radius 2 is 1.71 bits per heavy atom. The van der Waals surface area contributed by atoms with Gasteiger partial charge in [0, 0.05) is 36.6 Å². The lowest BCUT2D eigenvalue weighted by atomic mass is 10.0. The molecule has 2 aliphatic rings. The molecule has 1 N–H and O–H groups in total. The molecule has 2 heterocycles. The van der Waals surface area contributed by atoms with Crippen molar-refractivity contribution in [2.24, 2.45) is 0 Å². The maximum absolute atomic E-state index is 13.3. The molecule has 0 radical (unpaired) electrons. The zero-order valence-electron chi connectivity index (χ0n) is 18.3. The van der Waals surface area contributed by atoms with Gasteiger partial charge in [0.15, 0.2) is 0 Å². The fourth-order valence-corrected chi connectivity index (χ4v) is 5.93. The summed E-state index contributed by atoms with van der Waals surface area (Å²) >= 11 is 1.84. The molecule has 3 amide bonds. The first kappa shape index (κ1) is 21.6. The summed E-state index contributed by atoms with van der Waals surface area (Å²) in [6, 6.07) is 13.3. The number of hydrogen-bond acceptors (Lipinski definition) is 4. The van der Waals surface area contributed by atoms with Crippen molar-refractivity contribution in [2.45, 2.75) is 31.6 Å². The molecule has 6 nitrogen and oxygen atoms in total. The normalized spacial score (nSPS) is 17.6. The van der Waals surface area contributed by atoms with Gasteiger partial charge in [-0.3, -0.25) is 4.79 Å². The Morgan fingerprint density at radius 1 is 1.03 bits per heavy atom. The van der Waals surface area contributed by atoms with Crippen molar-refractivity contribution in [1.29, 1.82) is 0 Å². The van der Waals surface area contributed by atoms with Crippen molar-refractivity contribution in [3.8, 4) is 5.75 Å². The van der Waals surface area contributed by atoms with Crippen molar-refractivity contribution in [2.75, 3.05) is 37.8 Å². The van der Waals surface area contributed by atoms with E-state index in [0.717, 1.165) is 42.0 Å². The summed E-state index contributed by atoms with van der Waals surface area (Å²) in [5.41, 5.74) is 3.65. The number of likely N-dealkylation sites (tertiary alicyclic amines) is 1. The molecule has 0 unspecified atom stereocenters. The molecular formula is C24H29N3O3S. The molecule has 4 rings (SSSR count). The van der Waals surface area contributed by atoms with Crippen LogP contribution in [0.4, 0.5) is 10.5 Å². The van der Waals surface area contributed by atoms with E-state index in [0.29, 0.717) is 24.4 Å². The highest BCUT2D eigenvalue weighted by atomic mass is 32.2. The second-order valence-corrected chi connectivity index (χ2v) is 9.62. The van der Waals surface area contributed by atoms with E-state index in [1.165, 1.54) is 0 Å². The lowest BCUT2D eigenvalue weighted by Gasteiger charge is -2.44. The third kappa shape index (κ3) is 4.24. The van der Waals surface area contributed by atoms with Gasteiger partial charge in [-0.25, -0.2) is 4.79 Å². The Bertz CT molecular complexity index is 966. The number of thioether (sulfide) groups is 1. The number of urea groups is 1. The maximum atomic E-state index is 13.3. The van der Waals surface area contributed by atoms with Crippen LogP contribution in [0.3, 0.4) is 0 Å². The van der Waals surface area contributed by atoms with Crippen LogP contribution in [-0.4, -0.2) is 59.1 Å². The van der Waals surface area contributed by atoms with Gasteiger partial charge in [0.2, 0.25) is 0 Å². The number of piperidine rings is 1. The standard InChI is InChI=1S/C24H29N3O3S/c1-17-6-4-7-18(2)21(17)25-23(29)26-12-10-24(11-13-26)27(14-15-31-24)22(28)19-8-5-9-20(16-19)30-3/h4-9,16H,10-15H2,1-3H3,(H,25,29). The molecule has 31 heavy (non-hydrogen) atoms. The lowest BCUT2D eigenvalue weighted by Crippen LogP contribution is -2.54. The molecule has 2 aliphatic heterocycles. The van der Waals surface area contributed by atoms with E-state index in [2.05, 4.69) is 5.32 Å². The second kappa shape index (κ2) is 8.83. The van der Waals surface area contributed by atoms with Crippen LogP contribution in [0.15, 0.2) is 42.5 Å². The van der Waals surface area contributed by atoms with Crippen molar-refractivity contribution in [3.63, 3.8) is 0 Å². The number of amides is 3. The third-order valence-electron chi connectivity index (χ3n) is 6.28. The summed E-state index contributed by atoms with van der Waals surface area (Å²) in [6.07, 6.45) is 1.54. The molecule has 7 heteroatoms. The predicted molar refractivity (Wildman–Crippen MR) is 125 cm³/mol. The minimum Gasteiger partial charge on any atom is -0.497 e. The quantitative estimate of drug-likeness (QED) is 0.764. The van der Waals surface area contributed by atoms with E-state index in [-0.39, 0.29) is 16.8 Å². The summed E-state index contributed by atoms with van der Waals surface area (Å²) in [5.74, 6) is 1.65. The highest BCUT2D eigenvalue weighted by Gasteiger charge is 2.47. The van der Waals surface area contributed by atoms with Crippen LogP contribution in [0.2, 0.25) is 0 Å². The first-order valence-electron chi connectivity index (χ1n) is 10.7. The van der Waals surface area contributed by atoms with Gasteiger partial charge >= 0.3 is 6.03 Å². The van der Waals surface area contributed by atoms with Gasteiger partial charge in [0.05, 0.1) is 12.0 Å². The molecule has 2 fully saturated rings. The molecule has 0 aliphatic carbocycles. The first-order chi connectivity index (χ1) is 14.9. The number of hydrogen-bond donors (Lipinski definition) is 1. The molecule has 0 aromatic heterocycles. The van der Waals surface area contributed by atoms with Gasteiger partial charge in [-0.1, -0.05) is 24.3 Å². The largest absolute Gasteiger partial charge is 0.497 e. The van der Waals surface area contributed by atoms with Crippen molar-refractivity contribution >= 4 is 29.4 Å². The number of ether oxygens (including phenoxy) is 1. The molecule has 2 aromatic rings. The fraction of sp³-hybridized carbons (Fsp3) is 0.417. The van der Waals surface area contributed by atoms with Crippen LogP contribution in [0.5, 0.6) is 5.75 Å². The molecule has 164 valence electrons. The first-order valence-corrected chi connectivity index (χ1v) is 11.6. The Hall–Kier alpha value is -2.67. The Balaban J connectivity index is 1.44. The average molecular weight is 440 g/mol. The van der Waals surface area contributed by atoms with Crippen molar-refractivity contribution in [1.82, 2.24) is 9.80 Å². The van der Waals surface area contributed by atoms with Crippen LogP contribution in [-0.2, 0) is 0 Å². The van der Waals surface area contributed by atoms with Crippen LogP contribution < -0.4 is 10.1 Å². The van der Waals surface area contributed by atoms with Crippen molar-refractivity contribution < 1.29 is 14.3 Å². The maximum Gasteiger partial charge on any atom is 0.321 e. The number of aryl methyl sites for hydroxylation is 2. The van der Waals surface area contributed by atoms with Crippen LogP contribution in [0.25, 0.3) is 0 Å². The number of benzene rings is 2. The van der Waals surface area contributed by atoms with Gasteiger partial charge in [-0.05, 0) is 56.0 Å². The van der Waals surface area contributed by atoms with Gasteiger partial charge < -0.3 is 19.9 Å². The van der Waals surface area contributed by atoms with E-state index in [1.807, 2.05) is 71.8 Å².